The van der Waals surface area contributed by atoms with Crippen molar-refractivity contribution in [1.82, 2.24) is 10.2 Å². The normalized spacial score (nSPS) is 19.9. The number of amides is 1. The third-order valence-electron chi connectivity index (χ3n) is 5.18. The summed E-state index contributed by atoms with van der Waals surface area (Å²) in [5.74, 6) is -1.31. The summed E-state index contributed by atoms with van der Waals surface area (Å²) >= 11 is 3.20. The molecule has 172 valence electrons. The lowest BCUT2D eigenvalue weighted by Gasteiger charge is -2.26. The average molecular weight is 477 g/mol. The van der Waals surface area contributed by atoms with Crippen LogP contribution in [0.2, 0.25) is 0 Å². The number of carboxylic acids is 1. The molecule has 1 saturated heterocycles. The number of thiophene rings is 1. The molecule has 1 aliphatic rings. The first-order chi connectivity index (χ1) is 15.5. The van der Waals surface area contributed by atoms with E-state index in [2.05, 4.69) is 5.32 Å². The summed E-state index contributed by atoms with van der Waals surface area (Å²) in [6.07, 6.45) is 1.13. The van der Waals surface area contributed by atoms with Gasteiger partial charge < -0.3 is 14.7 Å². The summed E-state index contributed by atoms with van der Waals surface area (Å²) in [7, 11) is 0. The Labute approximate surface area is 196 Å². The maximum Gasteiger partial charge on any atom is 0.323 e. The lowest BCUT2D eigenvalue weighted by Crippen LogP contribution is -2.53. The van der Waals surface area contributed by atoms with E-state index in [0.29, 0.717) is 25.1 Å². The predicted molar refractivity (Wildman–Crippen MR) is 126 cm³/mol. The van der Waals surface area contributed by atoms with Crippen LogP contribution >= 0.6 is 23.1 Å². The zero-order chi connectivity index (χ0) is 22.9. The topological polar surface area (TPSA) is 95.9 Å². The smallest absolute Gasteiger partial charge is 0.323 e. The van der Waals surface area contributed by atoms with Crippen LogP contribution in [0.15, 0.2) is 47.8 Å². The SMILES string of the molecule is CCOC(=O)C(CCc1ccccc1)NC1CSC(c2cccs2)CN(CC(=O)O)C1=O. The van der Waals surface area contributed by atoms with Crippen molar-refractivity contribution in [2.24, 2.45) is 0 Å². The van der Waals surface area contributed by atoms with Gasteiger partial charge in [-0.1, -0.05) is 36.4 Å². The zero-order valence-corrected chi connectivity index (χ0v) is 19.6. The number of carbonyl (C=O) groups excluding carboxylic acids is 2. The van der Waals surface area contributed by atoms with Gasteiger partial charge in [-0.25, -0.2) is 0 Å². The number of carboxylic acid groups (broad SMARTS) is 1. The van der Waals surface area contributed by atoms with Gasteiger partial charge in [0.25, 0.3) is 0 Å². The Morgan fingerprint density at radius 1 is 1.25 bits per heavy atom. The van der Waals surface area contributed by atoms with Gasteiger partial charge in [0, 0.05) is 17.2 Å². The first-order valence-electron chi connectivity index (χ1n) is 10.6. The minimum Gasteiger partial charge on any atom is -0.480 e. The fraction of sp³-hybridized carbons (Fsp3) is 0.435. The Morgan fingerprint density at radius 2 is 2.03 bits per heavy atom. The highest BCUT2D eigenvalue weighted by atomic mass is 32.2. The highest BCUT2D eigenvalue weighted by Gasteiger charge is 2.36. The van der Waals surface area contributed by atoms with Crippen molar-refractivity contribution in [3.8, 4) is 0 Å². The van der Waals surface area contributed by atoms with Crippen LogP contribution in [0.4, 0.5) is 0 Å². The van der Waals surface area contributed by atoms with Crippen molar-refractivity contribution in [2.75, 3.05) is 25.4 Å². The molecule has 9 heteroatoms. The molecule has 2 aromatic rings. The molecule has 0 spiro atoms. The van der Waals surface area contributed by atoms with E-state index in [0.717, 1.165) is 10.4 Å². The van der Waals surface area contributed by atoms with E-state index in [-0.39, 0.29) is 24.3 Å². The molecule has 0 aliphatic carbocycles. The number of rotatable bonds is 10. The van der Waals surface area contributed by atoms with Crippen LogP contribution in [0.1, 0.15) is 29.0 Å². The lowest BCUT2D eigenvalue weighted by molar-refractivity contribution is -0.148. The van der Waals surface area contributed by atoms with Gasteiger partial charge in [0.05, 0.1) is 17.9 Å². The fourth-order valence-electron chi connectivity index (χ4n) is 3.63. The third-order valence-corrected chi connectivity index (χ3v) is 7.65. The van der Waals surface area contributed by atoms with E-state index in [4.69, 9.17) is 4.74 Å². The van der Waals surface area contributed by atoms with E-state index in [1.165, 1.54) is 4.90 Å². The first-order valence-corrected chi connectivity index (χ1v) is 12.5. The van der Waals surface area contributed by atoms with E-state index in [1.807, 2.05) is 47.8 Å². The molecule has 2 heterocycles. The Bertz CT molecular complexity index is 891. The van der Waals surface area contributed by atoms with Crippen molar-refractivity contribution in [3.63, 3.8) is 0 Å². The van der Waals surface area contributed by atoms with Gasteiger partial charge in [0.15, 0.2) is 0 Å². The molecule has 1 aliphatic heterocycles. The molecule has 3 atom stereocenters. The van der Waals surface area contributed by atoms with E-state index in [9.17, 15) is 19.5 Å². The predicted octanol–water partition coefficient (Wildman–Crippen LogP) is 2.97. The van der Waals surface area contributed by atoms with Gasteiger partial charge in [-0.3, -0.25) is 19.7 Å². The maximum absolute atomic E-state index is 13.2. The number of hydrogen-bond acceptors (Lipinski definition) is 7. The summed E-state index contributed by atoms with van der Waals surface area (Å²) < 4.78 is 5.25. The number of nitrogens with zero attached hydrogens (tertiary/aromatic N) is 1. The second-order valence-corrected chi connectivity index (χ2v) is 9.71. The van der Waals surface area contributed by atoms with Crippen LogP contribution in [0.3, 0.4) is 0 Å². The number of ether oxygens (including phenoxy) is 1. The Hall–Kier alpha value is -2.36. The molecule has 3 unspecified atom stereocenters. The van der Waals surface area contributed by atoms with Gasteiger partial charge >= 0.3 is 11.9 Å². The molecule has 0 bridgehead atoms. The number of nitrogens with one attached hydrogen (secondary N) is 1. The third kappa shape index (κ3) is 6.82. The highest BCUT2D eigenvalue weighted by Crippen LogP contribution is 2.35. The quantitative estimate of drug-likeness (QED) is 0.509. The van der Waals surface area contributed by atoms with Crippen LogP contribution in [0, 0.1) is 0 Å². The van der Waals surface area contributed by atoms with Crippen molar-refractivity contribution in [1.29, 1.82) is 0 Å². The number of benzene rings is 1. The molecule has 7 nitrogen and oxygen atoms in total. The van der Waals surface area contributed by atoms with E-state index < -0.39 is 24.0 Å². The van der Waals surface area contributed by atoms with Crippen LogP contribution in [0.25, 0.3) is 0 Å². The second kappa shape index (κ2) is 12.0. The zero-order valence-electron chi connectivity index (χ0n) is 17.9. The molecule has 3 rings (SSSR count). The maximum atomic E-state index is 13.2. The molecule has 1 aromatic heterocycles. The van der Waals surface area contributed by atoms with Gasteiger partial charge in [-0.05, 0) is 36.8 Å². The highest BCUT2D eigenvalue weighted by molar-refractivity contribution is 7.99. The molecule has 0 radical (unpaired) electrons. The molecule has 1 amide bonds. The minimum atomic E-state index is -1.06. The molecule has 1 fully saturated rings. The molecule has 1 aromatic carbocycles. The molecular weight excluding hydrogens is 448 g/mol. The lowest BCUT2D eigenvalue weighted by atomic mass is 10.0. The van der Waals surface area contributed by atoms with Crippen molar-refractivity contribution < 1.29 is 24.2 Å². The van der Waals surface area contributed by atoms with E-state index in [1.54, 1.807) is 30.0 Å². The molecular formula is C23H28N2O5S2. The van der Waals surface area contributed by atoms with Crippen LogP contribution in [-0.4, -0.2) is 65.4 Å². The summed E-state index contributed by atoms with van der Waals surface area (Å²) in [5, 5.41) is 14.5. The number of carbonyl (C=O) groups is 3. The van der Waals surface area contributed by atoms with Crippen molar-refractivity contribution >= 4 is 40.9 Å². The van der Waals surface area contributed by atoms with Crippen LogP contribution in [0.5, 0.6) is 0 Å². The Morgan fingerprint density at radius 3 is 2.69 bits per heavy atom. The largest absolute Gasteiger partial charge is 0.480 e. The second-order valence-electron chi connectivity index (χ2n) is 7.50. The van der Waals surface area contributed by atoms with Crippen LogP contribution < -0.4 is 5.32 Å². The number of aryl methyl sites for hydroxylation is 1. The van der Waals surface area contributed by atoms with Crippen molar-refractivity contribution in [3.05, 3.63) is 58.3 Å². The Kier molecular flexibility index (Phi) is 9.13. The van der Waals surface area contributed by atoms with E-state index >= 15 is 0 Å². The fourth-order valence-corrected chi connectivity index (χ4v) is 5.89. The number of thioether (sulfide) groups is 1. The summed E-state index contributed by atoms with van der Waals surface area (Å²) in [6, 6.07) is 12.4. The molecule has 0 saturated carbocycles. The van der Waals surface area contributed by atoms with Gasteiger partial charge in [-0.15, -0.1) is 23.1 Å². The van der Waals surface area contributed by atoms with Gasteiger partial charge in [0.2, 0.25) is 5.91 Å². The first kappa shape index (κ1) is 24.3. The monoisotopic (exact) mass is 476 g/mol. The van der Waals surface area contributed by atoms with Crippen molar-refractivity contribution in [2.45, 2.75) is 37.1 Å². The standard InChI is InChI=1S/C23H28N2O5S2/c1-2-30-23(29)17(11-10-16-7-4-3-5-8-16)24-18-15-32-20(19-9-6-12-31-19)13-25(22(18)28)14-21(26)27/h3-9,12,17-18,20,24H,2,10-11,13-15H2,1H3,(H,26,27). The number of aliphatic carboxylic acids is 1. The number of hydrogen-bond donors (Lipinski definition) is 2. The van der Waals surface area contributed by atoms with Crippen LogP contribution in [-0.2, 0) is 25.5 Å². The summed E-state index contributed by atoms with van der Waals surface area (Å²) in [6.45, 7) is 1.95. The molecule has 2 N–H and O–H groups in total. The average Bonchev–Trinajstić information content (AvgIpc) is 3.27. The summed E-state index contributed by atoms with van der Waals surface area (Å²) in [4.78, 5) is 39.7. The summed E-state index contributed by atoms with van der Waals surface area (Å²) in [5.41, 5.74) is 1.09. The number of esters is 1. The molecule has 32 heavy (non-hydrogen) atoms. The minimum absolute atomic E-state index is 0.00420. The van der Waals surface area contributed by atoms with Gasteiger partial charge in [0.1, 0.15) is 12.6 Å². The Balaban J connectivity index is 1.75. The van der Waals surface area contributed by atoms with Gasteiger partial charge in [-0.2, -0.15) is 0 Å².